The Labute approximate surface area is 155 Å². The maximum Gasteiger partial charge on any atom is 0.278 e. The molecule has 0 atom stereocenters. The molecule has 0 spiro atoms. The molecule has 0 aliphatic heterocycles. The van der Waals surface area contributed by atoms with Gasteiger partial charge >= 0.3 is 0 Å². The second-order valence-electron chi connectivity index (χ2n) is 5.61. The molecule has 0 saturated heterocycles. The lowest BCUT2D eigenvalue weighted by atomic mass is 10.1. The van der Waals surface area contributed by atoms with E-state index in [-0.39, 0.29) is 16.9 Å². The molecule has 3 heterocycles. The molecule has 0 aliphatic rings. The predicted molar refractivity (Wildman–Crippen MR) is 101 cm³/mol. The van der Waals surface area contributed by atoms with Crippen LogP contribution in [-0.4, -0.2) is 32.0 Å². The minimum Gasteiger partial charge on any atom is -0.364 e. The molecular weight excluding hydrogens is 368 g/mol. The molecular formula is C17H12N6O3S. The lowest BCUT2D eigenvalue weighted by Gasteiger charge is -2.04. The summed E-state index contributed by atoms with van der Waals surface area (Å²) in [5, 5.41) is 11.8. The smallest absolute Gasteiger partial charge is 0.278 e. The average molecular weight is 380 g/mol. The molecule has 27 heavy (non-hydrogen) atoms. The Kier molecular flexibility index (Phi) is 4.01. The second-order valence-corrected chi connectivity index (χ2v) is 6.46. The van der Waals surface area contributed by atoms with Gasteiger partial charge in [-0.1, -0.05) is 18.2 Å². The highest BCUT2D eigenvalue weighted by Gasteiger charge is 2.16. The number of benzene rings is 1. The van der Waals surface area contributed by atoms with Crippen LogP contribution in [-0.2, 0) is 0 Å². The van der Waals surface area contributed by atoms with Crippen molar-refractivity contribution in [3.8, 4) is 11.3 Å². The van der Waals surface area contributed by atoms with E-state index in [1.54, 1.807) is 41.9 Å². The normalized spacial score (nSPS) is 10.8. The number of thiazole rings is 1. The van der Waals surface area contributed by atoms with Crippen molar-refractivity contribution in [1.29, 1.82) is 0 Å². The van der Waals surface area contributed by atoms with Crippen LogP contribution in [0, 0.1) is 0 Å². The van der Waals surface area contributed by atoms with Crippen molar-refractivity contribution < 1.29 is 9.59 Å². The van der Waals surface area contributed by atoms with E-state index in [1.165, 1.54) is 11.3 Å². The number of aromatic amines is 2. The second kappa shape index (κ2) is 6.50. The number of hydrogen-bond acceptors (Lipinski definition) is 6. The van der Waals surface area contributed by atoms with Crippen LogP contribution in [0.3, 0.4) is 0 Å². The Bertz CT molecular complexity index is 1240. The molecule has 5 N–H and O–H groups in total. The van der Waals surface area contributed by atoms with E-state index < -0.39 is 11.8 Å². The highest BCUT2D eigenvalue weighted by Crippen LogP contribution is 2.26. The zero-order valence-corrected chi connectivity index (χ0v) is 14.5. The van der Waals surface area contributed by atoms with E-state index in [0.29, 0.717) is 27.2 Å². The number of amides is 2. The van der Waals surface area contributed by atoms with Crippen molar-refractivity contribution in [3.63, 3.8) is 0 Å². The number of rotatable bonds is 4. The molecule has 1 aromatic carbocycles. The third-order valence-electron chi connectivity index (χ3n) is 3.88. The van der Waals surface area contributed by atoms with Gasteiger partial charge in [-0.05, 0) is 12.1 Å². The van der Waals surface area contributed by atoms with Crippen molar-refractivity contribution in [1.82, 2.24) is 20.2 Å². The molecule has 4 rings (SSSR count). The minimum absolute atomic E-state index is 0.0969. The lowest BCUT2D eigenvalue weighted by molar-refractivity contribution is 0.0993. The van der Waals surface area contributed by atoms with Gasteiger partial charge in [-0.15, -0.1) is 11.3 Å². The average Bonchev–Trinajstić information content (AvgIpc) is 3.31. The molecule has 0 unspecified atom stereocenters. The molecule has 0 saturated carbocycles. The Morgan fingerprint density at radius 3 is 2.70 bits per heavy atom. The molecule has 0 radical (unpaired) electrons. The standard InChI is InChI=1S/C17H12N6O3S/c18-14(24)11-5-8(6-19-11)12-7-27-17(20-12)21-16(26)13-9-3-1-2-4-10(9)15(25)23-22-13/h1-7,19H,(H2,18,24)(H,23,25)(H,20,21,26). The molecule has 4 aromatic rings. The van der Waals surface area contributed by atoms with Gasteiger partial charge in [0.05, 0.1) is 11.1 Å². The van der Waals surface area contributed by atoms with Crippen LogP contribution in [0.5, 0.6) is 0 Å². The largest absolute Gasteiger partial charge is 0.364 e. The number of hydrogen-bond donors (Lipinski definition) is 4. The highest BCUT2D eigenvalue weighted by atomic mass is 32.1. The van der Waals surface area contributed by atoms with Crippen LogP contribution in [0.4, 0.5) is 5.13 Å². The first-order chi connectivity index (χ1) is 13.0. The minimum atomic E-state index is -0.568. The molecule has 134 valence electrons. The number of aromatic nitrogens is 4. The molecule has 10 heteroatoms. The number of carbonyl (C=O) groups is 2. The molecule has 0 bridgehead atoms. The van der Waals surface area contributed by atoms with Gasteiger partial charge in [0.25, 0.3) is 17.4 Å². The van der Waals surface area contributed by atoms with E-state index >= 15 is 0 Å². The van der Waals surface area contributed by atoms with Gasteiger partial charge in [0, 0.05) is 22.5 Å². The molecule has 2 amide bonds. The number of nitrogens with one attached hydrogen (secondary N) is 3. The number of fused-ring (bicyclic) bond motifs is 1. The van der Waals surface area contributed by atoms with Gasteiger partial charge in [0.15, 0.2) is 10.8 Å². The first-order valence-corrected chi connectivity index (χ1v) is 8.64. The van der Waals surface area contributed by atoms with Gasteiger partial charge in [0.2, 0.25) is 0 Å². The first-order valence-electron chi connectivity index (χ1n) is 7.76. The summed E-state index contributed by atoms with van der Waals surface area (Å²) in [6.45, 7) is 0. The number of primary amides is 1. The topological polar surface area (TPSA) is 147 Å². The lowest BCUT2D eigenvalue weighted by Crippen LogP contribution is -2.19. The number of carbonyl (C=O) groups excluding carboxylic acids is 2. The molecule has 0 aliphatic carbocycles. The van der Waals surface area contributed by atoms with Gasteiger partial charge < -0.3 is 10.7 Å². The maximum absolute atomic E-state index is 12.6. The predicted octanol–water partition coefficient (Wildman–Crippen LogP) is 1.73. The summed E-state index contributed by atoms with van der Waals surface area (Å²) in [5.74, 6) is -1.06. The summed E-state index contributed by atoms with van der Waals surface area (Å²) in [6.07, 6.45) is 1.61. The summed E-state index contributed by atoms with van der Waals surface area (Å²) in [7, 11) is 0. The van der Waals surface area contributed by atoms with Crippen LogP contribution >= 0.6 is 11.3 Å². The Morgan fingerprint density at radius 1 is 1.19 bits per heavy atom. The molecule has 9 nitrogen and oxygen atoms in total. The third-order valence-corrected chi connectivity index (χ3v) is 4.64. The van der Waals surface area contributed by atoms with Crippen LogP contribution in [0.15, 0.2) is 46.7 Å². The van der Waals surface area contributed by atoms with E-state index in [2.05, 4.69) is 25.5 Å². The quantitative estimate of drug-likeness (QED) is 0.426. The van der Waals surface area contributed by atoms with Crippen LogP contribution in [0.2, 0.25) is 0 Å². The van der Waals surface area contributed by atoms with Crippen molar-refractivity contribution in [2.75, 3.05) is 5.32 Å². The first kappa shape index (κ1) is 16.7. The zero-order chi connectivity index (χ0) is 19.0. The van der Waals surface area contributed by atoms with Gasteiger partial charge in [0.1, 0.15) is 5.69 Å². The monoisotopic (exact) mass is 380 g/mol. The summed E-state index contributed by atoms with van der Waals surface area (Å²) < 4.78 is 0. The fraction of sp³-hybridized carbons (Fsp3) is 0. The highest BCUT2D eigenvalue weighted by molar-refractivity contribution is 7.14. The van der Waals surface area contributed by atoms with Crippen LogP contribution in [0.1, 0.15) is 21.0 Å². The van der Waals surface area contributed by atoms with Crippen LogP contribution in [0.25, 0.3) is 22.0 Å². The summed E-state index contributed by atoms with van der Waals surface area (Å²) in [4.78, 5) is 42.7. The third kappa shape index (κ3) is 3.09. The summed E-state index contributed by atoms with van der Waals surface area (Å²) >= 11 is 1.22. The van der Waals surface area contributed by atoms with Crippen molar-refractivity contribution in [2.24, 2.45) is 5.73 Å². The Balaban J connectivity index is 1.61. The van der Waals surface area contributed by atoms with E-state index in [0.717, 1.165) is 0 Å². The van der Waals surface area contributed by atoms with E-state index in [1.807, 2.05) is 0 Å². The fourth-order valence-electron chi connectivity index (χ4n) is 2.59. The number of nitrogens with two attached hydrogens (primary N) is 1. The van der Waals surface area contributed by atoms with E-state index in [4.69, 9.17) is 5.73 Å². The molecule has 3 aromatic heterocycles. The van der Waals surface area contributed by atoms with Gasteiger partial charge in [-0.25, -0.2) is 10.1 Å². The SMILES string of the molecule is NC(=O)c1cc(-c2csc(NC(=O)c3n[nH]c(=O)c4ccccc34)n2)c[nH]1. The van der Waals surface area contributed by atoms with Crippen molar-refractivity contribution >= 4 is 39.1 Å². The van der Waals surface area contributed by atoms with Gasteiger partial charge in [-0.3, -0.25) is 19.7 Å². The fourth-order valence-corrected chi connectivity index (χ4v) is 3.31. The summed E-state index contributed by atoms with van der Waals surface area (Å²) in [6, 6.07) is 8.30. The van der Waals surface area contributed by atoms with E-state index in [9.17, 15) is 14.4 Å². The number of nitrogens with zero attached hydrogens (tertiary/aromatic N) is 2. The maximum atomic E-state index is 12.6. The Morgan fingerprint density at radius 2 is 1.96 bits per heavy atom. The number of anilines is 1. The van der Waals surface area contributed by atoms with Gasteiger partial charge in [-0.2, -0.15) is 5.10 Å². The Hall–Kier alpha value is -3.79. The number of H-pyrrole nitrogens is 2. The zero-order valence-electron chi connectivity index (χ0n) is 13.6. The van der Waals surface area contributed by atoms with Crippen molar-refractivity contribution in [2.45, 2.75) is 0 Å². The summed E-state index contributed by atoms with van der Waals surface area (Å²) in [5.41, 5.74) is 6.48. The van der Waals surface area contributed by atoms with Crippen LogP contribution < -0.4 is 16.6 Å². The molecule has 0 fully saturated rings. The van der Waals surface area contributed by atoms with Crippen molar-refractivity contribution in [3.05, 3.63) is 63.7 Å².